The summed E-state index contributed by atoms with van der Waals surface area (Å²) in [5.74, 6) is 2.65. The fourth-order valence-electron chi connectivity index (χ4n) is 3.46. The van der Waals surface area contributed by atoms with Gasteiger partial charge in [0.1, 0.15) is 0 Å². The molecule has 3 unspecified atom stereocenters. The third-order valence-electron chi connectivity index (χ3n) is 4.89. The Kier molecular flexibility index (Phi) is 9.67. The van der Waals surface area contributed by atoms with E-state index in [2.05, 4.69) is 57.1 Å². The molecule has 3 atom stereocenters. The lowest BCUT2D eigenvalue weighted by molar-refractivity contribution is 0.245. The molecule has 1 aliphatic heterocycles. The SMILES string of the molecule is CCNC(=NCC(CCO)CC(C)C)NC1CN(C(C)C)CC1C. The summed E-state index contributed by atoms with van der Waals surface area (Å²) in [4.78, 5) is 7.35. The smallest absolute Gasteiger partial charge is 0.191 e. The molecule has 0 bridgehead atoms. The highest BCUT2D eigenvalue weighted by atomic mass is 16.3. The highest BCUT2D eigenvalue weighted by Crippen LogP contribution is 2.19. The normalized spacial score (nSPS) is 24.0. The first-order chi connectivity index (χ1) is 11.4. The maximum atomic E-state index is 9.28. The Morgan fingerprint density at radius 3 is 2.46 bits per heavy atom. The minimum atomic E-state index is 0.250. The molecule has 0 aromatic rings. The molecule has 24 heavy (non-hydrogen) atoms. The van der Waals surface area contributed by atoms with Gasteiger partial charge in [0.05, 0.1) is 0 Å². The molecule has 0 spiro atoms. The Labute approximate surface area is 149 Å². The number of hydrogen-bond acceptors (Lipinski definition) is 3. The van der Waals surface area contributed by atoms with Gasteiger partial charge in [-0.25, -0.2) is 0 Å². The van der Waals surface area contributed by atoms with E-state index in [1.54, 1.807) is 0 Å². The molecule has 0 saturated carbocycles. The highest BCUT2D eigenvalue weighted by molar-refractivity contribution is 5.80. The lowest BCUT2D eigenvalue weighted by Crippen LogP contribution is -2.47. The molecule has 142 valence electrons. The van der Waals surface area contributed by atoms with Gasteiger partial charge < -0.3 is 15.7 Å². The maximum Gasteiger partial charge on any atom is 0.191 e. The van der Waals surface area contributed by atoms with Crippen molar-refractivity contribution in [2.45, 2.75) is 66.5 Å². The van der Waals surface area contributed by atoms with Crippen LogP contribution >= 0.6 is 0 Å². The van der Waals surface area contributed by atoms with E-state index in [4.69, 9.17) is 4.99 Å². The van der Waals surface area contributed by atoms with Crippen LogP contribution in [-0.2, 0) is 0 Å². The van der Waals surface area contributed by atoms with Crippen LogP contribution in [0.2, 0.25) is 0 Å². The van der Waals surface area contributed by atoms with Gasteiger partial charge in [-0.15, -0.1) is 0 Å². The number of likely N-dealkylation sites (tertiary alicyclic amines) is 1. The van der Waals surface area contributed by atoms with E-state index in [9.17, 15) is 5.11 Å². The fraction of sp³-hybridized carbons (Fsp3) is 0.947. The minimum absolute atomic E-state index is 0.250. The summed E-state index contributed by atoms with van der Waals surface area (Å²) in [6.45, 7) is 17.5. The second-order valence-corrected chi connectivity index (χ2v) is 8.00. The van der Waals surface area contributed by atoms with Crippen molar-refractivity contribution < 1.29 is 5.11 Å². The van der Waals surface area contributed by atoms with E-state index in [0.29, 0.717) is 29.8 Å². The van der Waals surface area contributed by atoms with Gasteiger partial charge in [0.2, 0.25) is 0 Å². The van der Waals surface area contributed by atoms with Crippen LogP contribution in [0.15, 0.2) is 4.99 Å². The molecule has 1 rings (SSSR count). The maximum absolute atomic E-state index is 9.28. The summed E-state index contributed by atoms with van der Waals surface area (Å²) in [6, 6.07) is 1.05. The number of rotatable bonds is 9. The number of hydrogen-bond donors (Lipinski definition) is 3. The molecule has 1 aliphatic rings. The highest BCUT2D eigenvalue weighted by Gasteiger charge is 2.31. The summed E-state index contributed by atoms with van der Waals surface area (Å²) in [6.07, 6.45) is 1.95. The first-order valence-corrected chi connectivity index (χ1v) is 9.77. The van der Waals surface area contributed by atoms with Gasteiger partial charge in [0.25, 0.3) is 0 Å². The molecule has 1 saturated heterocycles. The lowest BCUT2D eigenvalue weighted by atomic mass is 9.94. The van der Waals surface area contributed by atoms with Crippen LogP contribution in [0.5, 0.6) is 0 Å². The number of nitrogens with zero attached hydrogens (tertiary/aromatic N) is 2. The molecule has 1 fully saturated rings. The van der Waals surface area contributed by atoms with Crippen LogP contribution in [0.3, 0.4) is 0 Å². The van der Waals surface area contributed by atoms with Crippen LogP contribution in [0, 0.1) is 17.8 Å². The number of nitrogens with one attached hydrogen (secondary N) is 2. The average molecular weight is 341 g/mol. The van der Waals surface area contributed by atoms with Crippen LogP contribution in [0.4, 0.5) is 0 Å². The van der Waals surface area contributed by atoms with Crippen molar-refractivity contribution in [3.05, 3.63) is 0 Å². The number of aliphatic hydroxyl groups excluding tert-OH is 1. The van der Waals surface area contributed by atoms with E-state index in [1.165, 1.54) is 0 Å². The zero-order chi connectivity index (χ0) is 18.1. The van der Waals surface area contributed by atoms with Gasteiger partial charge in [-0.2, -0.15) is 0 Å². The molecule has 0 amide bonds. The van der Waals surface area contributed by atoms with Gasteiger partial charge in [0.15, 0.2) is 5.96 Å². The monoisotopic (exact) mass is 340 g/mol. The first kappa shape index (κ1) is 21.2. The zero-order valence-corrected chi connectivity index (χ0v) is 16.7. The Hall–Kier alpha value is -0.810. The Balaban J connectivity index is 2.64. The van der Waals surface area contributed by atoms with E-state index in [-0.39, 0.29) is 6.61 Å². The lowest BCUT2D eigenvalue weighted by Gasteiger charge is -2.22. The van der Waals surface area contributed by atoms with E-state index in [1.807, 2.05) is 0 Å². The van der Waals surface area contributed by atoms with Crippen molar-refractivity contribution in [1.82, 2.24) is 15.5 Å². The second-order valence-electron chi connectivity index (χ2n) is 8.00. The van der Waals surface area contributed by atoms with Gasteiger partial charge in [-0.05, 0) is 51.4 Å². The molecule has 1 heterocycles. The van der Waals surface area contributed by atoms with Crippen LogP contribution in [0.1, 0.15) is 54.4 Å². The van der Waals surface area contributed by atoms with E-state index in [0.717, 1.165) is 45.0 Å². The summed E-state index contributed by atoms with van der Waals surface area (Å²) in [5, 5.41) is 16.3. The minimum Gasteiger partial charge on any atom is -0.396 e. The summed E-state index contributed by atoms with van der Waals surface area (Å²) >= 11 is 0. The van der Waals surface area contributed by atoms with Gasteiger partial charge in [-0.3, -0.25) is 9.89 Å². The van der Waals surface area contributed by atoms with Gasteiger partial charge >= 0.3 is 0 Å². The van der Waals surface area contributed by atoms with E-state index >= 15 is 0 Å². The third-order valence-corrected chi connectivity index (χ3v) is 4.89. The zero-order valence-electron chi connectivity index (χ0n) is 16.7. The Bertz CT molecular complexity index is 370. The predicted molar refractivity (Wildman–Crippen MR) is 103 cm³/mol. The number of guanidine groups is 1. The molecule has 3 N–H and O–H groups in total. The molecular weight excluding hydrogens is 300 g/mol. The summed E-state index contributed by atoms with van der Waals surface area (Å²) in [5.41, 5.74) is 0. The summed E-state index contributed by atoms with van der Waals surface area (Å²) in [7, 11) is 0. The van der Waals surface area contributed by atoms with Crippen molar-refractivity contribution in [2.24, 2.45) is 22.7 Å². The largest absolute Gasteiger partial charge is 0.396 e. The first-order valence-electron chi connectivity index (χ1n) is 9.77. The Morgan fingerprint density at radius 1 is 1.25 bits per heavy atom. The number of aliphatic imine (C=N–C) groups is 1. The van der Waals surface area contributed by atoms with Crippen molar-refractivity contribution in [3.63, 3.8) is 0 Å². The average Bonchev–Trinajstić information content (AvgIpc) is 2.86. The van der Waals surface area contributed by atoms with Gasteiger partial charge in [0, 0.05) is 44.9 Å². The molecule has 0 radical (unpaired) electrons. The molecule has 0 aliphatic carbocycles. The van der Waals surface area contributed by atoms with Crippen molar-refractivity contribution in [1.29, 1.82) is 0 Å². The van der Waals surface area contributed by atoms with Crippen molar-refractivity contribution >= 4 is 5.96 Å². The predicted octanol–water partition coefficient (Wildman–Crippen LogP) is 2.31. The topological polar surface area (TPSA) is 59.9 Å². The third kappa shape index (κ3) is 7.39. The van der Waals surface area contributed by atoms with Crippen molar-refractivity contribution in [3.8, 4) is 0 Å². The van der Waals surface area contributed by atoms with Crippen LogP contribution in [-0.4, -0.2) is 60.8 Å². The quantitative estimate of drug-likeness (QED) is 0.445. The van der Waals surface area contributed by atoms with Crippen molar-refractivity contribution in [2.75, 3.05) is 32.8 Å². The molecule has 0 aromatic carbocycles. The van der Waals surface area contributed by atoms with Crippen LogP contribution in [0.25, 0.3) is 0 Å². The number of aliphatic hydroxyl groups is 1. The van der Waals surface area contributed by atoms with E-state index < -0.39 is 0 Å². The molecule has 5 heteroatoms. The standard InChI is InChI=1S/C19H40N4O/c1-7-20-19(21-11-17(8-9-24)10-14(2)3)22-18-13-23(15(4)5)12-16(18)6/h14-18,24H,7-13H2,1-6H3,(H2,20,21,22). The fourth-order valence-corrected chi connectivity index (χ4v) is 3.46. The molecule has 0 aromatic heterocycles. The van der Waals surface area contributed by atoms with Gasteiger partial charge in [-0.1, -0.05) is 20.8 Å². The Morgan fingerprint density at radius 2 is 1.96 bits per heavy atom. The molecular formula is C19H40N4O. The molecule has 5 nitrogen and oxygen atoms in total. The second kappa shape index (κ2) is 10.9. The van der Waals surface area contributed by atoms with Crippen LogP contribution < -0.4 is 10.6 Å². The summed E-state index contributed by atoms with van der Waals surface area (Å²) < 4.78 is 0.